The van der Waals surface area contributed by atoms with Crippen LogP contribution >= 0.6 is 12.2 Å². The van der Waals surface area contributed by atoms with Crippen LogP contribution in [0.5, 0.6) is 5.75 Å². The number of pyridine rings is 1. The average Bonchev–Trinajstić information content (AvgIpc) is 3.45. The van der Waals surface area contributed by atoms with E-state index in [4.69, 9.17) is 21.7 Å². The molecule has 0 bridgehead atoms. The minimum absolute atomic E-state index is 0.00103. The molecule has 2 aromatic heterocycles. The number of hydrogen-bond acceptors (Lipinski definition) is 5. The van der Waals surface area contributed by atoms with E-state index >= 15 is 0 Å². The quantitative estimate of drug-likeness (QED) is 0.275. The van der Waals surface area contributed by atoms with Crippen LogP contribution < -0.4 is 20.3 Å². The van der Waals surface area contributed by atoms with Gasteiger partial charge in [0.1, 0.15) is 12.4 Å². The highest BCUT2D eigenvalue weighted by Crippen LogP contribution is 2.44. The molecule has 1 amide bonds. The second-order valence-corrected chi connectivity index (χ2v) is 10.2. The number of methoxy groups -OCH3 is 2. The van der Waals surface area contributed by atoms with Crippen LogP contribution in [-0.2, 0) is 9.53 Å². The van der Waals surface area contributed by atoms with Gasteiger partial charge in [0.2, 0.25) is 5.91 Å². The van der Waals surface area contributed by atoms with Crippen molar-refractivity contribution in [3.8, 4) is 11.4 Å². The van der Waals surface area contributed by atoms with Gasteiger partial charge in [0.25, 0.3) is 0 Å². The maximum atomic E-state index is 12.1. The van der Waals surface area contributed by atoms with Gasteiger partial charge in [-0.15, -0.1) is 0 Å². The molecule has 4 aromatic rings. The smallest absolute Gasteiger partial charge is 0.250 e. The molecule has 8 nitrogen and oxygen atoms in total. The summed E-state index contributed by atoms with van der Waals surface area (Å²) in [6, 6.07) is 21.9. The molecule has 0 radical (unpaired) electrons. The van der Waals surface area contributed by atoms with Gasteiger partial charge >= 0.3 is 0 Å². The first-order chi connectivity index (χ1) is 19.3. The first kappa shape index (κ1) is 27.4. The zero-order valence-electron chi connectivity index (χ0n) is 23.3. The van der Waals surface area contributed by atoms with Crippen LogP contribution in [0.4, 0.5) is 11.4 Å². The number of aromatic nitrogens is 2. The van der Waals surface area contributed by atoms with Crippen LogP contribution in [-0.4, -0.2) is 41.4 Å². The first-order valence-electron chi connectivity index (χ1n) is 13.1. The number of carbonyl (C=O) groups is 1. The molecule has 0 aliphatic carbocycles. The van der Waals surface area contributed by atoms with Gasteiger partial charge in [-0.2, -0.15) is 0 Å². The number of anilines is 2. The monoisotopic (exact) mass is 555 g/mol. The van der Waals surface area contributed by atoms with Crippen molar-refractivity contribution < 1.29 is 14.3 Å². The van der Waals surface area contributed by atoms with Gasteiger partial charge in [-0.05, 0) is 105 Å². The number of amides is 1. The van der Waals surface area contributed by atoms with E-state index in [0.29, 0.717) is 5.11 Å². The Labute approximate surface area is 239 Å². The van der Waals surface area contributed by atoms with Crippen molar-refractivity contribution in [2.24, 2.45) is 0 Å². The summed E-state index contributed by atoms with van der Waals surface area (Å²) in [5, 5.41) is 7.07. The summed E-state index contributed by atoms with van der Waals surface area (Å²) >= 11 is 5.94. The summed E-state index contributed by atoms with van der Waals surface area (Å²) in [4.78, 5) is 19.0. The fourth-order valence-corrected chi connectivity index (χ4v) is 5.77. The lowest BCUT2D eigenvalue weighted by atomic mass is 9.96. The second kappa shape index (κ2) is 11.5. The summed E-state index contributed by atoms with van der Waals surface area (Å²) in [5.74, 6) is 0.617. The molecule has 0 unspecified atom stereocenters. The predicted octanol–water partition coefficient (Wildman–Crippen LogP) is 5.57. The van der Waals surface area contributed by atoms with E-state index in [1.54, 1.807) is 7.11 Å². The highest BCUT2D eigenvalue weighted by atomic mass is 32.1. The summed E-state index contributed by atoms with van der Waals surface area (Å²) in [6.45, 7) is 6.22. The largest absolute Gasteiger partial charge is 0.497 e. The Morgan fingerprint density at radius 1 is 1.02 bits per heavy atom. The summed E-state index contributed by atoms with van der Waals surface area (Å²) in [6.07, 6.45) is 1.81. The number of ether oxygens (including phenoxy) is 2. The van der Waals surface area contributed by atoms with Crippen LogP contribution in [0.2, 0.25) is 0 Å². The minimum Gasteiger partial charge on any atom is -0.497 e. The van der Waals surface area contributed by atoms with E-state index in [1.807, 2.05) is 61.7 Å². The fraction of sp³-hybridized carbons (Fsp3) is 0.258. The summed E-state index contributed by atoms with van der Waals surface area (Å²) < 4.78 is 12.6. The maximum Gasteiger partial charge on any atom is 0.250 e. The number of aryl methyl sites for hydroxylation is 2. The molecular formula is C31H33N5O3S. The molecule has 5 rings (SSSR count). The van der Waals surface area contributed by atoms with Gasteiger partial charge in [0.05, 0.1) is 24.9 Å². The first-order valence-corrected chi connectivity index (χ1v) is 13.5. The lowest BCUT2D eigenvalue weighted by Gasteiger charge is -2.29. The van der Waals surface area contributed by atoms with Crippen LogP contribution in [0.1, 0.15) is 40.3 Å². The minimum atomic E-state index is -0.198. The van der Waals surface area contributed by atoms with Crippen molar-refractivity contribution in [1.29, 1.82) is 0 Å². The van der Waals surface area contributed by atoms with E-state index in [0.717, 1.165) is 51.0 Å². The highest BCUT2D eigenvalue weighted by Gasteiger charge is 2.42. The third-order valence-electron chi connectivity index (χ3n) is 7.26. The molecule has 2 atom stereocenters. The lowest BCUT2D eigenvalue weighted by molar-refractivity contribution is -0.119. The second-order valence-electron chi connectivity index (χ2n) is 9.84. The lowest BCUT2D eigenvalue weighted by Crippen LogP contribution is -2.29. The van der Waals surface area contributed by atoms with E-state index in [-0.39, 0.29) is 24.6 Å². The molecule has 40 heavy (non-hydrogen) atoms. The normalized spacial score (nSPS) is 16.6. The Bertz CT molecular complexity index is 1530. The van der Waals surface area contributed by atoms with Gasteiger partial charge in [0.15, 0.2) is 5.11 Å². The van der Waals surface area contributed by atoms with Crippen LogP contribution in [0.25, 0.3) is 5.69 Å². The highest BCUT2D eigenvalue weighted by molar-refractivity contribution is 7.80. The molecule has 3 heterocycles. The van der Waals surface area contributed by atoms with Gasteiger partial charge in [-0.1, -0.05) is 6.07 Å². The van der Waals surface area contributed by atoms with Gasteiger partial charge in [-0.3, -0.25) is 9.78 Å². The number of carbonyl (C=O) groups excluding carboxylic acids is 1. The van der Waals surface area contributed by atoms with E-state index in [2.05, 4.69) is 57.1 Å². The van der Waals surface area contributed by atoms with Crippen LogP contribution in [0.15, 0.2) is 72.9 Å². The Hall–Kier alpha value is -4.21. The van der Waals surface area contributed by atoms with Crippen LogP contribution in [0.3, 0.4) is 0 Å². The third kappa shape index (κ3) is 5.17. The Morgan fingerprint density at radius 3 is 2.42 bits per heavy atom. The standard InChI is InChI=1S/C31H33N5O3S/c1-19-16-23(11-14-26(19)33-28(37)18-38-4)36-30(29(34-31(36)40)27-8-6-7-15-32-27)25-17-20(2)35(21(25)3)22-9-12-24(39-5)13-10-22/h6-17,29-30H,18H2,1-5H3,(H,33,37)(H,34,40)/t29-,30+/m1/s1. The number of benzene rings is 2. The SMILES string of the molecule is COCC(=O)Nc1ccc(N2C(=S)N[C@H](c3ccccn3)[C@@H]2c2cc(C)n(-c3ccc(OC)cc3)c2C)cc1C. The molecule has 2 N–H and O–H groups in total. The van der Waals surface area contributed by atoms with Gasteiger partial charge < -0.3 is 29.6 Å². The van der Waals surface area contributed by atoms with E-state index in [9.17, 15) is 4.79 Å². The van der Waals surface area contributed by atoms with Crippen molar-refractivity contribution in [2.45, 2.75) is 32.9 Å². The van der Waals surface area contributed by atoms with Crippen molar-refractivity contribution in [3.63, 3.8) is 0 Å². The molecular weight excluding hydrogens is 522 g/mol. The van der Waals surface area contributed by atoms with Crippen molar-refractivity contribution >= 4 is 34.6 Å². The summed E-state index contributed by atoms with van der Waals surface area (Å²) in [5.41, 5.74) is 7.93. The summed E-state index contributed by atoms with van der Waals surface area (Å²) in [7, 11) is 3.17. The molecule has 9 heteroatoms. The zero-order valence-corrected chi connectivity index (χ0v) is 24.1. The number of nitrogens with zero attached hydrogens (tertiary/aromatic N) is 3. The zero-order chi connectivity index (χ0) is 28.4. The third-order valence-corrected chi connectivity index (χ3v) is 7.57. The molecule has 2 aromatic carbocycles. The Balaban J connectivity index is 1.59. The molecule has 206 valence electrons. The van der Waals surface area contributed by atoms with E-state index < -0.39 is 0 Å². The molecule has 1 aliphatic rings. The number of thiocarbonyl (C=S) groups is 1. The predicted molar refractivity (Wildman–Crippen MR) is 161 cm³/mol. The van der Waals surface area contributed by atoms with Gasteiger partial charge in [-0.25, -0.2) is 0 Å². The molecule has 1 fully saturated rings. The van der Waals surface area contributed by atoms with Crippen molar-refractivity contribution in [3.05, 3.63) is 101 Å². The topological polar surface area (TPSA) is 80.7 Å². The molecule has 0 spiro atoms. The van der Waals surface area contributed by atoms with Crippen molar-refractivity contribution in [1.82, 2.24) is 14.9 Å². The number of nitrogens with one attached hydrogen (secondary N) is 2. The number of rotatable bonds is 8. The average molecular weight is 556 g/mol. The van der Waals surface area contributed by atoms with Crippen molar-refractivity contribution in [2.75, 3.05) is 31.0 Å². The maximum absolute atomic E-state index is 12.1. The fourth-order valence-electron chi connectivity index (χ4n) is 5.42. The van der Waals surface area contributed by atoms with Gasteiger partial charge in [0, 0.05) is 41.8 Å². The number of hydrogen-bond donors (Lipinski definition) is 2. The van der Waals surface area contributed by atoms with E-state index in [1.165, 1.54) is 7.11 Å². The Kier molecular flexibility index (Phi) is 7.86. The molecule has 1 saturated heterocycles. The molecule has 1 aliphatic heterocycles. The van der Waals surface area contributed by atoms with Crippen LogP contribution in [0, 0.1) is 20.8 Å². The molecule has 0 saturated carbocycles. The Morgan fingerprint density at radius 2 is 1.77 bits per heavy atom.